The van der Waals surface area contributed by atoms with Crippen molar-refractivity contribution in [3.8, 4) is 0 Å². The van der Waals surface area contributed by atoms with Crippen molar-refractivity contribution in [2.45, 2.75) is 111 Å². The van der Waals surface area contributed by atoms with Gasteiger partial charge < -0.3 is 20.1 Å². The summed E-state index contributed by atoms with van der Waals surface area (Å²) in [6.45, 7) is 13.6. The third kappa shape index (κ3) is 2.97. The van der Waals surface area contributed by atoms with Crippen molar-refractivity contribution in [1.82, 2.24) is 0 Å². The van der Waals surface area contributed by atoms with Gasteiger partial charge >= 0.3 is 5.97 Å². The third-order valence-corrected chi connectivity index (χ3v) is 13.8. The van der Waals surface area contributed by atoms with Gasteiger partial charge in [0.1, 0.15) is 0 Å². The van der Waals surface area contributed by atoms with Crippen LogP contribution in [0.25, 0.3) is 0 Å². The fourth-order valence-corrected chi connectivity index (χ4v) is 11.1. The Labute approximate surface area is 218 Å². The molecule has 0 radical (unpaired) electrons. The Balaban J connectivity index is 1.64. The highest BCUT2D eigenvalue weighted by atomic mass is 16.5. The van der Waals surface area contributed by atoms with Crippen LogP contribution in [-0.4, -0.2) is 46.7 Å². The first kappa shape index (κ1) is 26.7. The lowest BCUT2D eigenvalue weighted by Gasteiger charge is -2.72. The van der Waals surface area contributed by atoms with E-state index in [4.69, 9.17) is 4.74 Å². The van der Waals surface area contributed by atoms with Crippen LogP contribution in [0, 0.1) is 50.7 Å². The molecule has 0 bridgehead atoms. The summed E-state index contributed by atoms with van der Waals surface area (Å²) in [6.07, 6.45) is 9.99. The summed E-state index contributed by atoms with van der Waals surface area (Å²) in [5, 5.41) is 33.4. The Morgan fingerprint density at radius 1 is 1.00 bits per heavy atom. The quantitative estimate of drug-likeness (QED) is 0.354. The Morgan fingerprint density at radius 3 is 2.33 bits per heavy atom. The number of hydrogen-bond donors (Lipinski definition) is 3. The predicted octanol–water partition coefficient (Wildman–Crippen LogP) is 5.27. The van der Waals surface area contributed by atoms with Gasteiger partial charge in [-0.1, -0.05) is 46.3 Å². The zero-order valence-electron chi connectivity index (χ0n) is 23.7. The lowest BCUT2D eigenvalue weighted by Crippen LogP contribution is -2.68. The van der Waals surface area contributed by atoms with E-state index in [9.17, 15) is 20.1 Å². The number of methoxy groups -OCH3 is 1. The van der Waals surface area contributed by atoms with Crippen LogP contribution in [0.4, 0.5) is 0 Å². The average Bonchev–Trinajstić information content (AvgIpc) is 2.84. The Kier molecular flexibility index (Phi) is 5.97. The predicted molar refractivity (Wildman–Crippen MR) is 140 cm³/mol. The number of rotatable bonds is 2. The number of carbonyl (C=O) groups excluding carboxylic acids is 1. The molecular weight excluding hydrogens is 452 g/mol. The number of aliphatic hydroxyl groups is 3. The second kappa shape index (κ2) is 8.05. The Hall–Kier alpha value is -0.910. The van der Waals surface area contributed by atoms with Gasteiger partial charge in [-0.25, -0.2) is 0 Å². The largest absolute Gasteiger partial charge is 0.469 e. The van der Waals surface area contributed by atoms with Crippen LogP contribution in [0.5, 0.6) is 0 Å². The van der Waals surface area contributed by atoms with E-state index in [1.165, 1.54) is 12.7 Å². The molecule has 0 heterocycles. The minimum Gasteiger partial charge on any atom is -0.469 e. The number of aliphatic hydroxyl groups excluding tert-OH is 2. The summed E-state index contributed by atoms with van der Waals surface area (Å²) in [4.78, 5) is 13.4. The van der Waals surface area contributed by atoms with Gasteiger partial charge in [-0.15, -0.1) is 0 Å². The minimum absolute atomic E-state index is 0.0278. The fraction of sp³-hybridized carbons (Fsp3) is 0.903. The molecule has 0 amide bonds. The molecule has 0 aromatic rings. The van der Waals surface area contributed by atoms with Crippen LogP contribution >= 0.6 is 0 Å². The fourth-order valence-electron chi connectivity index (χ4n) is 11.1. The Morgan fingerprint density at radius 2 is 1.69 bits per heavy atom. The first-order valence-electron chi connectivity index (χ1n) is 14.5. The van der Waals surface area contributed by atoms with Gasteiger partial charge in [-0.05, 0) is 98.7 Å². The SMILES string of the molecule is COC(=O)[C@]12CC[C@@H](C)[C@@](C)(O)[C@H]1C1=CC[C@@H]3[C@@]4(C)CC[C@@H](O)[C@](C)(CO)[C@@H]4CC[C@@]3(C)[C@]1(C)CC2. The molecule has 0 saturated heterocycles. The lowest BCUT2D eigenvalue weighted by atomic mass is 9.33. The van der Waals surface area contributed by atoms with E-state index in [0.29, 0.717) is 5.92 Å². The maximum atomic E-state index is 13.4. The molecule has 0 aromatic carbocycles. The molecule has 36 heavy (non-hydrogen) atoms. The number of ether oxygens (including phenoxy) is 1. The molecule has 5 heteroatoms. The van der Waals surface area contributed by atoms with E-state index in [2.05, 4.69) is 40.7 Å². The standard InChI is InChI=1S/C31H50O5/c1-19-10-15-31(25(34)36-7)17-16-28(4)20(24(31)30(19,6)35)8-9-22-26(2)13-12-23(33)27(3,18-32)21(26)11-14-29(22,28)5/h8,19,21-24,32-33,35H,9-18H2,1-7H3/t19-,21-,22-,23-,24-,26+,27-,28-,29-,30-,31+/m1/s1. The van der Waals surface area contributed by atoms with E-state index in [0.717, 1.165) is 57.8 Å². The molecule has 5 aliphatic carbocycles. The van der Waals surface area contributed by atoms with Crippen molar-refractivity contribution in [3.63, 3.8) is 0 Å². The van der Waals surface area contributed by atoms with Crippen molar-refractivity contribution in [2.75, 3.05) is 13.7 Å². The molecular formula is C31H50O5. The van der Waals surface area contributed by atoms with Gasteiger partial charge in [0.05, 0.1) is 30.8 Å². The highest BCUT2D eigenvalue weighted by Gasteiger charge is 2.71. The van der Waals surface area contributed by atoms with Gasteiger partial charge in [0.2, 0.25) is 0 Å². The van der Waals surface area contributed by atoms with E-state index in [-0.39, 0.29) is 46.6 Å². The topological polar surface area (TPSA) is 87.0 Å². The van der Waals surface area contributed by atoms with Crippen molar-refractivity contribution >= 4 is 5.97 Å². The number of fused-ring (bicyclic) bond motifs is 7. The van der Waals surface area contributed by atoms with Gasteiger partial charge in [-0.2, -0.15) is 0 Å². The van der Waals surface area contributed by atoms with Crippen molar-refractivity contribution in [2.24, 2.45) is 50.7 Å². The third-order valence-electron chi connectivity index (χ3n) is 13.8. The first-order valence-corrected chi connectivity index (χ1v) is 14.5. The van der Waals surface area contributed by atoms with Gasteiger partial charge in [-0.3, -0.25) is 4.79 Å². The molecule has 4 fully saturated rings. The summed E-state index contributed by atoms with van der Waals surface area (Å²) in [7, 11) is 1.50. The zero-order valence-corrected chi connectivity index (χ0v) is 23.7. The number of esters is 1. The molecule has 0 aliphatic heterocycles. The summed E-state index contributed by atoms with van der Waals surface area (Å²) < 4.78 is 5.43. The average molecular weight is 503 g/mol. The normalized spacial score (nSPS) is 56.4. The monoisotopic (exact) mass is 502 g/mol. The minimum atomic E-state index is -0.964. The van der Waals surface area contributed by atoms with E-state index >= 15 is 0 Å². The van der Waals surface area contributed by atoms with E-state index < -0.39 is 22.5 Å². The highest BCUT2D eigenvalue weighted by molar-refractivity contribution is 5.79. The summed E-state index contributed by atoms with van der Waals surface area (Å²) in [5.41, 5.74) is -0.821. The second-order valence-electron chi connectivity index (χ2n) is 14.8. The molecule has 5 aliphatic rings. The van der Waals surface area contributed by atoms with E-state index in [1.54, 1.807) is 0 Å². The highest BCUT2D eigenvalue weighted by Crippen LogP contribution is 2.76. The first-order chi connectivity index (χ1) is 16.7. The zero-order chi connectivity index (χ0) is 26.5. The molecule has 3 N–H and O–H groups in total. The van der Waals surface area contributed by atoms with E-state index in [1.807, 2.05) is 6.92 Å². The van der Waals surface area contributed by atoms with Gasteiger partial charge in [0.15, 0.2) is 0 Å². The van der Waals surface area contributed by atoms with Crippen LogP contribution in [0.1, 0.15) is 99.3 Å². The van der Waals surface area contributed by atoms with Crippen LogP contribution in [0.15, 0.2) is 11.6 Å². The molecule has 11 atom stereocenters. The molecule has 0 spiro atoms. The molecule has 4 saturated carbocycles. The summed E-state index contributed by atoms with van der Waals surface area (Å²) >= 11 is 0. The second-order valence-corrected chi connectivity index (χ2v) is 14.8. The maximum absolute atomic E-state index is 13.4. The smallest absolute Gasteiger partial charge is 0.312 e. The molecule has 5 rings (SSSR count). The molecule has 0 aromatic heterocycles. The molecule has 5 nitrogen and oxygen atoms in total. The van der Waals surface area contributed by atoms with Gasteiger partial charge in [0.25, 0.3) is 0 Å². The Bertz CT molecular complexity index is 957. The van der Waals surface area contributed by atoms with Crippen LogP contribution in [0.3, 0.4) is 0 Å². The van der Waals surface area contributed by atoms with Crippen molar-refractivity contribution in [3.05, 3.63) is 11.6 Å². The number of allylic oxidation sites excluding steroid dienone is 1. The van der Waals surface area contributed by atoms with Crippen LogP contribution < -0.4 is 0 Å². The van der Waals surface area contributed by atoms with Crippen molar-refractivity contribution in [1.29, 1.82) is 0 Å². The summed E-state index contributed by atoms with van der Waals surface area (Å²) in [5.74, 6) is 0.468. The lowest BCUT2D eigenvalue weighted by molar-refractivity contribution is -0.225. The van der Waals surface area contributed by atoms with Crippen molar-refractivity contribution < 1.29 is 24.9 Å². The van der Waals surface area contributed by atoms with Gasteiger partial charge in [0, 0.05) is 11.3 Å². The maximum Gasteiger partial charge on any atom is 0.312 e. The van der Waals surface area contributed by atoms with Crippen LogP contribution in [-0.2, 0) is 9.53 Å². The molecule has 0 unspecified atom stereocenters. The number of hydrogen-bond acceptors (Lipinski definition) is 5. The number of carbonyl (C=O) groups is 1. The van der Waals surface area contributed by atoms with Crippen LogP contribution in [0.2, 0.25) is 0 Å². The summed E-state index contributed by atoms with van der Waals surface area (Å²) in [6, 6.07) is 0. The molecule has 204 valence electrons.